The van der Waals surface area contributed by atoms with Gasteiger partial charge in [0.05, 0.1) is 0 Å². The average molecular weight is 490 g/mol. The number of nitrogens with one attached hydrogen (secondary N) is 1. The summed E-state index contributed by atoms with van der Waals surface area (Å²) >= 11 is 3.63. The van der Waals surface area contributed by atoms with Gasteiger partial charge in [-0.15, -0.1) is 46.7 Å². The molecule has 1 unspecified atom stereocenters. The average Bonchev–Trinajstić information content (AvgIpc) is 3.27. The number of thiophene rings is 2. The highest BCUT2D eigenvalue weighted by atomic mass is 127. The van der Waals surface area contributed by atoms with Crippen LogP contribution >= 0.6 is 46.7 Å². The number of rotatable bonds is 7. The van der Waals surface area contributed by atoms with Crippen LogP contribution in [0.4, 0.5) is 0 Å². The fourth-order valence-corrected chi connectivity index (χ4v) is 4.57. The molecule has 0 spiro atoms. The maximum absolute atomic E-state index is 6.01. The molecule has 0 aromatic carbocycles. The first kappa shape index (κ1) is 20.7. The van der Waals surface area contributed by atoms with Crippen molar-refractivity contribution in [2.45, 2.75) is 25.8 Å². The molecule has 1 saturated heterocycles. The summed E-state index contributed by atoms with van der Waals surface area (Å²) in [5, 5.41) is 7.50. The molecule has 2 aromatic rings. The largest absolute Gasteiger partial charge is 0.370 e. The number of likely N-dealkylation sites (tertiary alicyclic amines) is 1. The van der Waals surface area contributed by atoms with Crippen molar-refractivity contribution in [1.82, 2.24) is 10.2 Å². The number of nitrogens with two attached hydrogens (primary N) is 1. The van der Waals surface area contributed by atoms with Crippen molar-refractivity contribution < 1.29 is 0 Å². The Balaban J connectivity index is 0.00000225. The molecule has 3 heterocycles. The van der Waals surface area contributed by atoms with E-state index in [9.17, 15) is 0 Å². The zero-order chi connectivity index (χ0) is 16.6. The van der Waals surface area contributed by atoms with Crippen molar-refractivity contribution in [1.29, 1.82) is 0 Å². The fourth-order valence-electron chi connectivity index (χ4n) is 3.12. The Bertz CT molecular complexity index is 613. The van der Waals surface area contributed by atoms with Gasteiger partial charge in [0.15, 0.2) is 5.96 Å². The Morgan fingerprint density at radius 3 is 2.72 bits per heavy atom. The Morgan fingerprint density at radius 1 is 1.24 bits per heavy atom. The molecular formula is C18H27IN4S2. The lowest BCUT2D eigenvalue weighted by Gasteiger charge is -2.31. The van der Waals surface area contributed by atoms with Crippen LogP contribution in [-0.2, 0) is 13.0 Å². The molecule has 1 atom stereocenters. The highest BCUT2D eigenvalue weighted by Crippen LogP contribution is 2.20. The topological polar surface area (TPSA) is 53.6 Å². The summed E-state index contributed by atoms with van der Waals surface area (Å²) in [4.78, 5) is 9.95. The molecular weight excluding hydrogens is 463 g/mol. The quantitative estimate of drug-likeness (QED) is 0.353. The summed E-state index contributed by atoms with van der Waals surface area (Å²) in [5.41, 5.74) is 6.01. The van der Waals surface area contributed by atoms with Gasteiger partial charge in [-0.25, -0.2) is 0 Å². The second kappa shape index (κ2) is 11.2. The number of nitrogens with zero attached hydrogens (tertiary/aromatic N) is 2. The lowest BCUT2D eigenvalue weighted by Crippen LogP contribution is -2.37. The van der Waals surface area contributed by atoms with E-state index in [2.05, 4.69) is 50.2 Å². The van der Waals surface area contributed by atoms with Crippen LogP contribution in [0.2, 0.25) is 0 Å². The van der Waals surface area contributed by atoms with Gasteiger partial charge in [0.1, 0.15) is 0 Å². The second-order valence-electron chi connectivity index (χ2n) is 6.30. The molecule has 2 aromatic heterocycles. The summed E-state index contributed by atoms with van der Waals surface area (Å²) in [7, 11) is 0. The number of hydrogen-bond acceptors (Lipinski definition) is 4. The molecule has 1 aliphatic rings. The number of piperidine rings is 1. The van der Waals surface area contributed by atoms with E-state index in [1.54, 1.807) is 11.3 Å². The summed E-state index contributed by atoms with van der Waals surface area (Å²) in [5.74, 6) is 1.21. The van der Waals surface area contributed by atoms with Gasteiger partial charge in [-0.05, 0) is 54.6 Å². The zero-order valence-electron chi connectivity index (χ0n) is 14.4. The molecule has 138 valence electrons. The summed E-state index contributed by atoms with van der Waals surface area (Å²) in [6, 6.07) is 8.60. The van der Waals surface area contributed by atoms with Crippen molar-refractivity contribution in [2.75, 3.05) is 26.2 Å². The highest BCUT2D eigenvalue weighted by molar-refractivity contribution is 14.0. The van der Waals surface area contributed by atoms with Gasteiger partial charge in [-0.1, -0.05) is 12.1 Å². The Hall–Kier alpha value is -0.640. The molecule has 0 amide bonds. The molecule has 25 heavy (non-hydrogen) atoms. The maximum atomic E-state index is 6.01. The minimum atomic E-state index is 0. The minimum absolute atomic E-state index is 0. The third-order valence-corrected chi connectivity index (χ3v) is 6.14. The third-order valence-electron chi connectivity index (χ3n) is 4.34. The lowest BCUT2D eigenvalue weighted by molar-refractivity contribution is 0.172. The van der Waals surface area contributed by atoms with E-state index in [4.69, 9.17) is 5.73 Å². The molecule has 3 N–H and O–H groups in total. The molecule has 0 saturated carbocycles. The van der Waals surface area contributed by atoms with Crippen molar-refractivity contribution in [3.63, 3.8) is 0 Å². The fraction of sp³-hybridized carbons (Fsp3) is 0.500. The van der Waals surface area contributed by atoms with Crippen LogP contribution in [0.3, 0.4) is 0 Å². The number of halogens is 1. The molecule has 0 aliphatic carbocycles. The summed E-state index contributed by atoms with van der Waals surface area (Å²) in [6.45, 7) is 5.09. The zero-order valence-corrected chi connectivity index (χ0v) is 18.4. The normalized spacial score (nSPS) is 18.7. The SMILES string of the molecule is I.NC(=NCC1CCCN(Cc2cccs2)C1)NCCc1cccs1. The van der Waals surface area contributed by atoms with Crippen LogP contribution in [0.5, 0.6) is 0 Å². The van der Waals surface area contributed by atoms with Gasteiger partial charge in [-0.3, -0.25) is 9.89 Å². The molecule has 0 radical (unpaired) electrons. The summed E-state index contributed by atoms with van der Waals surface area (Å²) < 4.78 is 0. The Kier molecular flexibility index (Phi) is 9.22. The lowest BCUT2D eigenvalue weighted by atomic mass is 9.98. The highest BCUT2D eigenvalue weighted by Gasteiger charge is 2.19. The maximum Gasteiger partial charge on any atom is 0.188 e. The Labute approximate surface area is 175 Å². The predicted molar refractivity (Wildman–Crippen MR) is 120 cm³/mol. The number of guanidine groups is 1. The third kappa shape index (κ3) is 7.24. The van der Waals surface area contributed by atoms with Crippen molar-refractivity contribution in [3.8, 4) is 0 Å². The van der Waals surface area contributed by atoms with Crippen LogP contribution in [0.25, 0.3) is 0 Å². The number of hydrogen-bond donors (Lipinski definition) is 2. The van der Waals surface area contributed by atoms with Crippen LogP contribution < -0.4 is 11.1 Å². The van der Waals surface area contributed by atoms with Crippen molar-refractivity contribution in [2.24, 2.45) is 16.6 Å². The van der Waals surface area contributed by atoms with Crippen LogP contribution in [0.1, 0.15) is 22.6 Å². The number of aliphatic imine (C=N–C) groups is 1. The van der Waals surface area contributed by atoms with E-state index in [1.807, 2.05) is 11.3 Å². The van der Waals surface area contributed by atoms with Crippen LogP contribution in [0.15, 0.2) is 40.0 Å². The molecule has 7 heteroatoms. The monoisotopic (exact) mass is 490 g/mol. The molecule has 1 aliphatic heterocycles. The first-order valence-electron chi connectivity index (χ1n) is 8.60. The van der Waals surface area contributed by atoms with Gasteiger partial charge < -0.3 is 11.1 Å². The van der Waals surface area contributed by atoms with E-state index in [0.717, 1.165) is 32.6 Å². The first-order chi connectivity index (χ1) is 11.8. The minimum Gasteiger partial charge on any atom is -0.370 e. The van der Waals surface area contributed by atoms with Crippen molar-refractivity contribution in [3.05, 3.63) is 44.8 Å². The van der Waals surface area contributed by atoms with E-state index >= 15 is 0 Å². The van der Waals surface area contributed by atoms with E-state index in [-0.39, 0.29) is 24.0 Å². The predicted octanol–water partition coefficient (Wildman–Crippen LogP) is 3.79. The van der Waals surface area contributed by atoms with Crippen molar-refractivity contribution >= 4 is 52.6 Å². The summed E-state index contributed by atoms with van der Waals surface area (Å²) in [6.07, 6.45) is 3.52. The van der Waals surface area contributed by atoms with Gasteiger partial charge in [-0.2, -0.15) is 0 Å². The smallest absolute Gasteiger partial charge is 0.188 e. The van der Waals surface area contributed by atoms with Gasteiger partial charge in [0.25, 0.3) is 0 Å². The van der Waals surface area contributed by atoms with E-state index in [0.29, 0.717) is 11.9 Å². The van der Waals surface area contributed by atoms with E-state index < -0.39 is 0 Å². The molecule has 0 bridgehead atoms. The van der Waals surface area contributed by atoms with Gasteiger partial charge in [0.2, 0.25) is 0 Å². The second-order valence-corrected chi connectivity index (χ2v) is 8.37. The molecule has 3 rings (SSSR count). The van der Waals surface area contributed by atoms with Gasteiger partial charge >= 0.3 is 0 Å². The van der Waals surface area contributed by atoms with E-state index in [1.165, 1.54) is 29.1 Å². The van der Waals surface area contributed by atoms with Crippen LogP contribution in [0, 0.1) is 5.92 Å². The van der Waals surface area contributed by atoms with Gasteiger partial charge in [0, 0.05) is 35.9 Å². The first-order valence-corrected chi connectivity index (χ1v) is 10.4. The Morgan fingerprint density at radius 2 is 2.00 bits per heavy atom. The molecule has 4 nitrogen and oxygen atoms in total. The standard InChI is InChI=1S/C18H26N4S2.HI/c19-18(20-8-7-16-5-2-10-23-16)21-12-15-4-1-9-22(13-15)14-17-6-3-11-24-17;/h2-3,5-6,10-11,15H,1,4,7-9,12-14H2,(H3,19,20,21);1H. The molecule has 1 fully saturated rings. The van der Waals surface area contributed by atoms with Crippen LogP contribution in [-0.4, -0.2) is 37.0 Å².